The summed E-state index contributed by atoms with van der Waals surface area (Å²) in [5.74, 6) is 1.000. The lowest BCUT2D eigenvalue weighted by molar-refractivity contribution is 0.0689. The van der Waals surface area contributed by atoms with E-state index in [-0.39, 0.29) is 0 Å². The van der Waals surface area contributed by atoms with E-state index in [0.717, 1.165) is 51.5 Å². The number of methoxy groups -OCH3 is 1. The molecule has 1 N–H and O–H groups in total. The SMILES string of the molecule is CN=C(NCCCCOCCOC)N1CCc2ccccc2C1. The third kappa shape index (κ3) is 5.84. The third-order valence-corrected chi connectivity index (χ3v) is 4.07. The van der Waals surface area contributed by atoms with Gasteiger partial charge in [0.25, 0.3) is 0 Å². The molecular weight excluding hydrogens is 290 g/mol. The molecule has 0 aromatic heterocycles. The van der Waals surface area contributed by atoms with E-state index in [2.05, 4.69) is 39.5 Å². The van der Waals surface area contributed by atoms with Gasteiger partial charge in [-0.3, -0.25) is 4.99 Å². The van der Waals surface area contributed by atoms with Gasteiger partial charge in [-0.2, -0.15) is 0 Å². The van der Waals surface area contributed by atoms with Crippen LogP contribution in [0.25, 0.3) is 0 Å². The highest BCUT2D eigenvalue weighted by atomic mass is 16.5. The predicted octanol–water partition coefficient (Wildman–Crippen LogP) is 2.06. The van der Waals surface area contributed by atoms with E-state index < -0.39 is 0 Å². The zero-order valence-electron chi connectivity index (χ0n) is 14.4. The summed E-state index contributed by atoms with van der Waals surface area (Å²) in [7, 11) is 3.55. The number of unbranched alkanes of at least 4 members (excludes halogenated alkanes) is 1. The number of guanidine groups is 1. The maximum atomic E-state index is 5.47. The topological polar surface area (TPSA) is 46.1 Å². The highest BCUT2D eigenvalue weighted by Crippen LogP contribution is 2.18. The van der Waals surface area contributed by atoms with E-state index >= 15 is 0 Å². The average Bonchev–Trinajstić information content (AvgIpc) is 2.60. The molecule has 0 atom stereocenters. The Morgan fingerprint density at radius 1 is 1.17 bits per heavy atom. The Morgan fingerprint density at radius 2 is 2.00 bits per heavy atom. The van der Waals surface area contributed by atoms with Crippen molar-refractivity contribution in [3.05, 3.63) is 35.4 Å². The van der Waals surface area contributed by atoms with Crippen LogP contribution in [0, 0.1) is 0 Å². The number of fused-ring (bicyclic) bond motifs is 1. The lowest BCUT2D eigenvalue weighted by Gasteiger charge is -2.31. The van der Waals surface area contributed by atoms with Gasteiger partial charge in [0.2, 0.25) is 0 Å². The quantitative estimate of drug-likeness (QED) is 0.453. The third-order valence-electron chi connectivity index (χ3n) is 4.07. The van der Waals surface area contributed by atoms with E-state index in [0.29, 0.717) is 13.2 Å². The summed E-state index contributed by atoms with van der Waals surface area (Å²) in [4.78, 5) is 6.76. The van der Waals surface area contributed by atoms with Gasteiger partial charge in [-0.1, -0.05) is 24.3 Å². The van der Waals surface area contributed by atoms with Crippen LogP contribution < -0.4 is 5.32 Å². The van der Waals surface area contributed by atoms with Crippen molar-refractivity contribution in [2.75, 3.05) is 47.1 Å². The average molecular weight is 319 g/mol. The fourth-order valence-electron chi connectivity index (χ4n) is 2.78. The monoisotopic (exact) mass is 319 g/mol. The molecule has 0 unspecified atom stereocenters. The summed E-state index contributed by atoms with van der Waals surface area (Å²) in [6.07, 6.45) is 3.22. The minimum atomic E-state index is 0.668. The molecule has 0 aliphatic carbocycles. The fourth-order valence-corrected chi connectivity index (χ4v) is 2.78. The van der Waals surface area contributed by atoms with Gasteiger partial charge in [0.15, 0.2) is 5.96 Å². The molecule has 128 valence electrons. The molecule has 1 aliphatic heterocycles. The molecule has 5 nitrogen and oxygen atoms in total. The lowest BCUT2D eigenvalue weighted by atomic mass is 10.0. The largest absolute Gasteiger partial charge is 0.382 e. The van der Waals surface area contributed by atoms with Gasteiger partial charge in [-0.15, -0.1) is 0 Å². The molecule has 2 rings (SSSR count). The Kier molecular flexibility index (Phi) is 7.90. The van der Waals surface area contributed by atoms with Crippen molar-refractivity contribution in [3.8, 4) is 0 Å². The van der Waals surface area contributed by atoms with Crippen LogP contribution in [0.5, 0.6) is 0 Å². The minimum Gasteiger partial charge on any atom is -0.382 e. The van der Waals surface area contributed by atoms with Gasteiger partial charge < -0.3 is 19.7 Å². The first-order valence-corrected chi connectivity index (χ1v) is 8.44. The first-order chi connectivity index (χ1) is 11.3. The summed E-state index contributed by atoms with van der Waals surface area (Å²) in [5, 5.41) is 3.47. The maximum Gasteiger partial charge on any atom is 0.193 e. The minimum absolute atomic E-state index is 0.668. The van der Waals surface area contributed by atoms with Crippen molar-refractivity contribution in [1.82, 2.24) is 10.2 Å². The van der Waals surface area contributed by atoms with E-state index in [1.54, 1.807) is 7.11 Å². The van der Waals surface area contributed by atoms with Crippen molar-refractivity contribution >= 4 is 5.96 Å². The molecule has 0 saturated carbocycles. The van der Waals surface area contributed by atoms with Gasteiger partial charge in [0.05, 0.1) is 13.2 Å². The van der Waals surface area contributed by atoms with Crippen molar-refractivity contribution < 1.29 is 9.47 Å². The Labute approximate surface area is 139 Å². The lowest BCUT2D eigenvalue weighted by Crippen LogP contribution is -2.44. The van der Waals surface area contributed by atoms with E-state index in [4.69, 9.17) is 9.47 Å². The first kappa shape index (κ1) is 17.8. The van der Waals surface area contributed by atoms with Crippen molar-refractivity contribution in [3.63, 3.8) is 0 Å². The van der Waals surface area contributed by atoms with Crippen LogP contribution in [0.3, 0.4) is 0 Å². The molecule has 23 heavy (non-hydrogen) atoms. The van der Waals surface area contributed by atoms with Crippen molar-refractivity contribution in [1.29, 1.82) is 0 Å². The maximum absolute atomic E-state index is 5.47. The summed E-state index contributed by atoms with van der Waals surface area (Å²) in [6, 6.07) is 8.68. The van der Waals surface area contributed by atoms with Crippen molar-refractivity contribution in [2.24, 2.45) is 4.99 Å². The second kappa shape index (κ2) is 10.2. The molecule has 1 heterocycles. The van der Waals surface area contributed by atoms with E-state index in [1.165, 1.54) is 11.1 Å². The number of rotatable bonds is 8. The van der Waals surface area contributed by atoms with Crippen LogP contribution in [0.4, 0.5) is 0 Å². The zero-order valence-corrected chi connectivity index (χ0v) is 14.4. The molecule has 0 fully saturated rings. The smallest absolute Gasteiger partial charge is 0.193 e. The van der Waals surface area contributed by atoms with E-state index in [1.807, 2.05) is 7.05 Å². The molecule has 1 aromatic carbocycles. The molecule has 0 amide bonds. The normalized spacial score (nSPS) is 14.7. The Morgan fingerprint density at radius 3 is 2.78 bits per heavy atom. The molecule has 5 heteroatoms. The van der Waals surface area contributed by atoms with Crippen molar-refractivity contribution in [2.45, 2.75) is 25.8 Å². The van der Waals surface area contributed by atoms with Crippen LogP contribution in [0.1, 0.15) is 24.0 Å². The van der Waals surface area contributed by atoms with Crippen LogP contribution in [0.15, 0.2) is 29.3 Å². The van der Waals surface area contributed by atoms with Crippen LogP contribution >= 0.6 is 0 Å². The molecule has 0 saturated heterocycles. The Hall–Kier alpha value is -1.59. The van der Waals surface area contributed by atoms with Gasteiger partial charge in [-0.25, -0.2) is 0 Å². The van der Waals surface area contributed by atoms with Gasteiger partial charge >= 0.3 is 0 Å². The van der Waals surface area contributed by atoms with Crippen LogP contribution in [-0.4, -0.2) is 57.9 Å². The Balaban J connectivity index is 1.66. The number of hydrogen-bond acceptors (Lipinski definition) is 3. The second-order valence-electron chi connectivity index (χ2n) is 5.73. The molecular formula is C18H29N3O2. The predicted molar refractivity (Wildman–Crippen MR) is 93.8 cm³/mol. The van der Waals surface area contributed by atoms with Crippen LogP contribution in [-0.2, 0) is 22.4 Å². The number of ether oxygens (including phenoxy) is 2. The Bertz CT molecular complexity index is 491. The summed E-state index contributed by atoms with van der Waals surface area (Å²) in [5.41, 5.74) is 2.88. The van der Waals surface area contributed by atoms with Gasteiger partial charge in [0.1, 0.15) is 0 Å². The molecule has 1 aromatic rings. The molecule has 0 radical (unpaired) electrons. The summed E-state index contributed by atoms with van der Waals surface area (Å²) in [6.45, 7) is 5.03. The number of hydrogen-bond donors (Lipinski definition) is 1. The first-order valence-electron chi connectivity index (χ1n) is 8.44. The fraction of sp³-hybridized carbons (Fsp3) is 0.611. The highest BCUT2D eigenvalue weighted by molar-refractivity contribution is 5.80. The standard InChI is InChI=1S/C18H29N3O2/c1-19-18(20-10-5-6-12-23-14-13-22-2)21-11-9-16-7-3-4-8-17(16)15-21/h3-4,7-8H,5-6,9-15H2,1-2H3,(H,19,20). The van der Waals surface area contributed by atoms with Crippen LogP contribution in [0.2, 0.25) is 0 Å². The summed E-state index contributed by atoms with van der Waals surface area (Å²) >= 11 is 0. The molecule has 0 spiro atoms. The number of nitrogens with zero attached hydrogens (tertiary/aromatic N) is 2. The zero-order chi connectivity index (χ0) is 16.3. The number of aliphatic imine (C=N–C) groups is 1. The number of nitrogens with one attached hydrogen (secondary N) is 1. The molecule has 0 bridgehead atoms. The molecule has 1 aliphatic rings. The van der Waals surface area contributed by atoms with Gasteiger partial charge in [0, 0.05) is 40.4 Å². The van der Waals surface area contributed by atoms with Gasteiger partial charge in [-0.05, 0) is 30.4 Å². The van der Waals surface area contributed by atoms with E-state index in [9.17, 15) is 0 Å². The highest BCUT2D eigenvalue weighted by Gasteiger charge is 2.18. The second-order valence-corrected chi connectivity index (χ2v) is 5.73. The summed E-state index contributed by atoms with van der Waals surface area (Å²) < 4.78 is 10.4. The number of benzene rings is 1.